The number of hydrogen-bond acceptors (Lipinski definition) is 3. The van der Waals surface area contributed by atoms with Gasteiger partial charge in [-0.05, 0) is 37.9 Å². The summed E-state index contributed by atoms with van der Waals surface area (Å²) in [6.45, 7) is 5.67. The van der Waals surface area contributed by atoms with E-state index in [1.807, 2.05) is 12.4 Å². The van der Waals surface area contributed by atoms with Crippen molar-refractivity contribution in [1.29, 1.82) is 0 Å². The normalized spacial score (nSPS) is 20.2. The molecule has 0 amide bonds. The van der Waals surface area contributed by atoms with Crippen molar-refractivity contribution in [3.05, 3.63) is 24.5 Å². The molecule has 1 aromatic heterocycles. The second kappa shape index (κ2) is 6.60. The molecule has 0 aromatic carbocycles. The van der Waals surface area contributed by atoms with Gasteiger partial charge < -0.3 is 10.2 Å². The van der Waals surface area contributed by atoms with E-state index < -0.39 is 0 Å². The molecular formula is C14H23N3. The molecule has 1 aliphatic rings. The van der Waals surface area contributed by atoms with E-state index in [2.05, 4.69) is 34.3 Å². The Labute approximate surface area is 104 Å². The Morgan fingerprint density at radius 2 is 2.18 bits per heavy atom. The molecule has 1 N–H and O–H groups in total. The summed E-state index contributed by atoms with van der Waals surface area (Å²) < 4.78 is 0. The van der Waals surface area contributed by atoms with Crippen molar-refractivity contribution in [2.75, 3.05) is 24.5 Å². The molecule has 1 aliphatic heterocycles. The summed E-state index contributed by atoms with van der Waals surface area (Å²) in [4.78, 5) is 6.57. The molecule has 3 nitrogen and oxygen atoms in total. The molecular weight excluding hydrogens is 210 g/mol. The highest BCUT2D eigenvalue weighted by Gasteiger charge is 2.16. The first-order chi connectivity index (χ1) is 8.40. The van der Waals surface area contributed by atoms with E-state index in [0.29, 0.717) is 6.04 Å². The van der Waals surface area contributed by atoms with Crippen molar-refractivity contribution in [2.45, 2.75) is 38.6 Å². The van der Waals surface area contributed by atoms with Gasteiger partial charge in [0.1, 0.15) is 0 Å². The van der Waals surface area contributed by atoms with E-state index in [1.165, 1.54) is 37.9 Å². The third-order valence-corrected chi connectivity index (χ3v) is 3.37. The van der Waals surface area contributed by atoms with Gasteiger partial charge in [-0.1, -0.05) is 13.3 Å². The first kappa shape index (κ1) is 12.4. The molecule has 1 atom stereocenters. The summed E-state index contributed by atoms with van der Waals surface area (Å²) in [5.74, 6) is 0. The zero-order chi connectivity index (χ0) is 11.9. The van der Waals surface area contributed by atoms with Crippen LogP contribution in [0.4, 0.5) is 5.69 Å². The summed E-state index contributed by atoms with van der Waals surface area (Å²) in [6.07, 6.45) is 8.96. The van der Waals surface area contributed by atoms with E-state index in [0.717, 1.165) is 13.1 Å². The number of hydrogen-bond donors (Lipinski definition) is 1. The third-order valence-electron chi connectivity index (χ3n) is 3.37. The number of aromatic nitrogens is 1. The van der Waals surface area contributed by atoms with Crippen LogP contribution in [-0.4, -0.2) is 30.7 Å². The van der Waals surface area contributed by atoms with Gasteiger partial charge in [0.15, 0.2) is 0 Å². The van der Waals surface area contributed by atoms with Crippen molar-refractivity contribution in [1.82, 2.24) is 10.3 Å². The third kappa shape index (κ3) is 3.70. The van der Waals surface area contributed by atoms with E-state index in [-0.39, 0.29) is 0 Å². The minimum Gasteiger partial charge on any atom is -0.370 e. The van der Waals surface area contributed by atoms with Crippen molar-refractivity contribution in [2.24, 2.45) is 0 Å². The molecule has 2 rings (SSSR count). The molecule has 1 aromatic rings. The first-order valence-corrected chi connectivity index (χ1v) is 6.78. The Bertz CT molecular complexity index is 307. The van der Waals surface area contributed by atoms with Gasteiger partial charge in [-0.15, -0.1) is 0 Å². The SMILES string of the molecule is CCCN(CC1CCCCN1)c1ccncc1. The Morgan fingerprint density at radius 1 is 1.35 bits per heavy atom. The Morgan fingerprint density at radius 3 is 2.82 bits per heavy atom. The highest BCUT2D eigenvalue weighted by atomic mass is 15.2. The zero-order valence-electron chi connectivity index (χ0n) is 10.7. The van der Waals surface area contributed by atoms with Crippen LogP contribution in [0, 0.1) is 0 Å². The van der Waals surface area contributed by atoms with Crippen LogP contribution >= 0.6 is 0 Å². The minimum atomic E-state index is 0.656. The highest BCUT2D eigenvalue weighted by Crippen LogP contribution is 2.16. The largest absolute Gasteiger partial charge is 0.370 e. The number of pyridine rings is 1. The van der Waals surface area contributed by atoms with Gasteiger partial charge in [0.05, 0.1) is 0 Å². The molecule has 3 heteroatoms. The Balaban J connectivity index is 1.96. The maximum atomic E-state index is 4.09. The van der Waals surface area contributed by atoms with E-state index in [4.69, 9.17) is 0 Å². The molecule has 94 valence electrons. The maximum Gasteiger partial charge on any atom is 0.0397 e. The Kier molecular flexibility index (Phi) is 4.80. The van der Waals surface area contributed by atoms with Gasteiger partial charge in [-0.25, -0.2) is 0 Å². The van der Waals surface area contributed by atoms with Crippen LogP contribution in [-0.2, 0) is 0 Å². The molecule has 0 aliphatic carbocycles. The summed E-state index contributed by atoms with van der Waals surface area (Å²) in [5.41, 5.74) is 1.30. The van der Waals surface area contributed by atoms with E-state index >= 15 is 0 Å². The summed E-state index contributed by atoms with van der Waals surface area (Å²) in [7, 11) is 0. The minimum absolute atomic E-state index is 0.656. The molecule has 0 saturated carbocycles. The van der Waals surface area contributed by atoms with Gasteiger partial charge in [0, 0.05) is 37.2 Å². The second-order valence-electron chi connectivity index (χ2n) is 4.80. The average molecular weight is 233 g/mol. The maximum absolute atomic E-state index is 4.09. The van der Waals surface area contributed by atoms with Gasteiger partial charge in [0.25, 0.3) is 0 Å². The van der Waals surface area contributed by atoms with Crippen LogP contribution in [0.25, 0.3) is 0 Å². The predicted molar refractivity (Wildman–Crippen MR) is 72.4 cm³/mol. The van der Waals surface area contributed by atoms with Crippen molar-refractivity contribution in [3.8, 4) is 0 Å². The van der Waals surface area contributed by atoms with Crippen molar-refractivity contribution in [3.63, 3.8) is 0 Å². The van der Waals surface area contributed by atoms with Crippen molar-refractivity contribution < 1.29 is 0 Å². The highest BCUT2D eigenvalue weighted by molar-refractivity contribution is 5.44. The van der Waals surface area contributed by atoms with Crippen LogP contribution < -0.4 is 10.2 Å². The number of nitrogens with one attached hydrogen (secondary N) is 1. The number of piperidine rings is 1. The molecule has 2 heterocycles. The topological polar surface area (TPSA) is 28.2 Å². The lowest BCUT2D eigenvalue weighted by molar-refractivity contribution is 0.399. The molecule has 0 bridgehead atoms. The summed E-state index contributed by atoms with van der Waals surface area (Å²) in [6, 6.07) is 4.88. The molecule has 0 radical (unpaired) electrons. The van der Waals surface area contributed by atoms with Gasteiger partial charge >= 0.3 is 0 Å². The molecule has 0 spiro atoms. The number of anilines is 1. The summed E-state index contributed by atoms with van der Waals surface area (Å²) >= 11 is 0. The van der Waals surface area contributed by atoms with Gasteiger partial charge in [-0.2, -0.15) is 0 Å². The number of nitrogens with zero attached hydrogens (tertiary/aromatic N) is 2. The molecule has 1 unspecified atom stereocenters. The van der Waals surface area contributed by atoms with Crippen LogP contribution in [0.1, 0.15) is 32.6 Å². The van der Waals surface area contributed by atoms with Gasteiger partial charge in [-0.3, -0.25) is 4.98 Å². The quantitative estimate of drug-likeness (QED) is 0.846. The van der Waals surface area contributed by atoms with Crippen LogP contribution in [0.15, 0.2) is 24.5 Å². The fourth-order valence-corrected chi connectivity index (χ4v) is 2.50. The zero-order valence-corrected chi connectivity index (χ0v) is 10.7. The first-order valence-electron chi connectivity index (χ1n) is 6.78. The lowest BCUT2D eigenvalue weighted by Crippen LogP contribution is -2.44. The van der Waals surface area contributed by atoms with E-state index in [9.17, 15) is 0 Å². The smallest absolute Gasteiger partial charge is 0.0397 e. The molecule has 1 saturated heterocycles. The predicted octanol–water partition coefficient (Wildman–Crippen LogP) is 2.44. The fourth-order valence-electron chi connectivity index (χ4n) is 2.50. The molecule has 17 heavy (non-hydrogen) atoms. The fraction of sp³-hybridized carbons (Fsp3) is 0.643. The molecule has 1 fully saturated rings. The van der Waals surface area contributed by atoms with Crippen LogP contribution in [0.5, 0.6) is 0 Å². The van der Waals surface area contributed by atoms with Crippen molar-refractivity contribution >= 4 is 5.69 Å². The second-order valence-corrected chi connectivity index (χ2v) is 4.80. The van der Waals surface area contributed by atoms with Crippen LogP contribution in [0.3, 0.4) is 0 Å². The lowest BCUT2D eigenvalue weighted by Gasteiger charge is -2.31. The average Bonchev–Trinajstić information content (AvgIpc) is 2.40. The van der Waals surface area contributed by atoms with Gasteiger partial charge in [0.2, 0.25) is 0 Å². The lowest BCUT2D eigenvalue weighted by atomic mass is 10.0. The Hall–Kier alpha value is -1.09. The number of rotatable bonds is 5. The van der Waals surface area contributed by atoms with Crippen LogP contribution in [0.2, 0.25) is 0 Å². The standard InChI is InChI=1S/C14H23N3/c1-2-11-17(14-6-9-15-10-7-14)12-13-5-3-4-8-16-13/h6-7,9-10,13,16H,2-5,8,11-12H2,1H3. The van der Waals surface area contributed by atoms with E-state index in [1.54, 1.807) is 0 Å². The monoisotopic (exact) mass is 233 g/mol. The summed E-state index contributed by atoms with van der Waals surface area (Å²) in [5, 5.41) is 3.62.